The van der Waals surface area contributed by atoms with E-state index in [-0.39, 0.29) is 0 Å². The molecule has 0 spiro atoms. The Balaban J connectivity index is 3.04. The average Bonchev–Trinajstić information content (AvgIpc) is 2.14. The molecule has 0 fully saturated rings. The summed E-state index contributed by atoms with van der Waals surface area (Å²) in [6, 6.07) is 3.91. The number of nitriles is 1. The minimum atomic E-state index is 0.477. The first-order valence-electron chi connectivity index (χ1n) is 1.86. The van der Waals surface area contributed by atoms with Gasteiger partial charge in [-0.05, 0) is 0 Å². The molecule has 0 aliphatic heterocycles. The number of nitrogens with zero attached hydrogens (tertiary/aromatic N) is 1. The van der Waals surface area contributed by atoms with Crippen molar-refractivity contribution >= 4 is 14.5 Å². The van der Waals surface area contributed by atoms with Gasteiger partial charge in [0.15, 0.2) is 0 Å². The molecule has 0 aliphatic carbocycles. The molecule has 1 aromatic heterocycles. The molecule has 2 heteroatoms. The Bertz CT molecular complexity index is 170. The van der Waals surface area contributed by atoms with Gasteiger partial charge >= 0.3 is 47.3 Å². The predicted molar refractivity (Wildman–Crippen MR) is 28.1 cm³/mol. The predicted octanol–water partition coefficient (Wildman–Crippen LogP) is 0.615. The van der Waals surface area contributed by atoms with E-state index < -0.39 is 0 Å². The summed E-state index contributed by atoms with van der Waals surface area (Å²) in [6.45, 7) is 0. The molecule has 0 amide bonds. The number of hydrogen-bond acceptors (Lipinski definition) is 1. The molecule has 34 valence electrons. The van der Waals surface area contributed by atoms with Crippen molar-refractivity contribution in [3.63, 3.8) is 0 Å². The maximum absolute atomic E-state index is 8.21. The Morgan fingerprint density at radius 2 is 2.57 bits per heavy atom. The normalized spacial score (nSPS) is 7.86. The summed E-state index contributed by atoms with van der Waals surface area (Å²) in [5, 5.41) is 8.21. The first-order valence-corrected chi connectivity index (χ1v) is 3.83. The van der Waals surface area contributed by atoms with E-state index in [2.05, 4.69) is 6.07 Å². The van der Waals surface area contributed by atoms with Crippen molar-refractivity contribution in [3.8, 4) is 6.07 Å². The SMILES string of the molecule is N#Cc1cc[se]c1. The Kier molecular flexibility index (Phi) is 1.31. The van der Waals surface area contributed by atoms with E-state index in [4.69, 9.17) is 5.26 Å². The average molecular weight is 156 g/mol. The fraction of sp³-hybridized carbons (Fsp3) is 0. The van der Waals surface area contributed by atoms with Crippen molar-refractivity contribution in [2.24, 2.45) is 0 Å². The van der Waals surface area contributed by atoms with Crippen molar-refractivity contribution in [2.75, 3.05) is 0 Å². The van der Waals surface area contributed by atoms with Gasteiger partial charge in [0.25, 0.3) is 0 Å². The van der Waals surface area contributed by atoms with E-state index in [0.717, 1.165) is 5.56 Å². The molecule has 0 radical (unpaired) electrons. The van der Waals surface area contributed by atoms with E-state index in [0.29, 0.717) is 14.5 Å². The summed E-state index contributed by atoms with van der Waals surface area (Å²) in [6.07, 6.45) is 0. The molecule has 1 nitrogen and oxygen atoms in total. The zero-order valence-electron chi connectivity index (χ0n) is 3.59. The van der Waals surface area contributed by atoms with Crippen LogP contribution in [0.15, 0.2) is 15.9 Å². The quantitative estimate of drug-likeness (QED) is 0.505. The van der Waals surface area contributed by atoms with Gasteiger partial charge in [0.2, 0.25) is 0 Å². The molecule has 0 N–H and O–H groups in total. The molecule has 1 rings (SSSR count). The van der Waals surface area contributed by atoms with Crippen LogP contribution in [0.2, 0.25) is 0 Å². The summed E-state index contributed by atoms with van der Waals surface area (Å²) >= 11 is 0.477. The second kappa shape index (κ2) is 1.97. The van der Waals surface area contributed by atoms with Crippen LogP contribution >= 0.6 is 0 Å². The van der Waals surface area contributed by atoms with Crippen molar-refractivity contribution < 1.29 is 0 Å². The van der Waals surface area contributed by atoms with Gasteiger partial charge in [-0.2, -0.15) is 0 Å². The maximum atomic E-state index is 8.21. The molecule has 0 saturated heterocycles. The fourth-order valence-corrected chi connectivity index (χ4v) is 1.55. The van der Waals surface area contributed by atoms with Gasteiger partial charge in [0.1, 0.15) is 0 Å². The van der Waals surface area contributed by atoms with E-state index in [1.807, 2.05) is 15.9 Å². The molecular weight excluding hydrogens is 153 g/mol. The molecule has 0 atom stereocenters. The number of hydrogen-bond donors (Lipinski definition) is 0. The van der Waals surface area contributed by atoms with Crippen molar-refractivity contribution in [3.05, 3.63) is 21.5 Å². The zero-order valence-corrected chi connectivity index (χ0v) is 5.30. The summed E-state index contributed by atoms with van der Waals surface area (Å²) in [5.74, 6) is 0. The molecule has 0 saturated carbocycles. The molecule has 0 unspecified atom stereocenters. The van der Waals surface area contributed by atoms with Gasteiger partial charge < -0.3 is 0 Å². The van der Waals surface area contributed by atoms with Crippen LogP contribution in [0.5, 0.6) is 0 Å². The van der Waals surface area contributed by atoms with E-state index in [1.54, 1.807) is 0 Å². The van der Waals surface area contributed by atoms with Gasteiger partial charge in [-0.15, -0.1) is 0 Å². The van der Waals surface area contributed by atoms with Crippen LogP contribution < -0.4 is 0 Å². The van der Waals surface area contributed by atoms with E-state index in [9.17, 15) is 0 Å². The standard InChI is InChI=1S/C5H3NSe/c6-3-5-1-2-7-4-5/h1-2,4H. The van der Waals surface area contributed by atoms with Crippen LogP contribution in [-0.2, 0) is 0 Å². The topological polar surface area (TPSA) is 23.8 Å². The van der Waals surface area contributed by atoms with Crippen molar-refractivity contribution in [2.45, 2.75) is 0 Å². The van der Waals surface area contributed by atoms with Crippen LogP contribution in [0.25, 0.3) is 0 Å². The third kappa shape index (κ3) is 0.927. The first-order chi connectivity index (χ1) is 3.43. The van der Waals surface area contributed by atoms with Crippen molar-refractivity contribution in [1.82, 2.24) is 0 Å². The van der Waals surface area contributed by atoms with Gasteiger partial charge in [-0.1, -0.05) is 0 Å². The molecule has 1 aromatic rings. The van der Waals surface area contributed by atoms with E-state index in [1.165, 1.54) is 0 Å². The van der Waals surface area contributed by atoms with Crippen LogP contribution in [-0.4, -0.2) is 14.5 Å². The summed E-state index contributed by atoms with van der Waals surface area (Å²) in [5.41, 5.74) is 0.819. The van der Waals surface area contributed by atoms with Gasteiger partial charge in [-0.25, -0.2) is 0 Å². The zero-order chi connectivity index (χ0) is 5.11. The van der Waals surface area contributed by atoms with E-state index >= 15 is 0 Å². The second-order valence-electron chi connectivity index (χ2n) is 1.12. The Hall–Kier alpha value is -0.511. The molecule has 0 aliphatic rings. The van der Waals surface area contributed by atoms with Crippen LogP contribution in [0, 0.1) is 11.3 Å². The fourth-order valence-electron chi connectivity index (χ4n) is 0.328. The Morgan fingerprint density at radius 1 is 1.71 bits per heavy atom. The van der Waals surface area contributed by atoms with Crippen LogP contribution in [0.4, 0.5) is 0 Å². The summed E-state index contributed by atoms with van der Waals surface area (Å²) < 4.78 is 0. The van der Waals surface area contributed by atoms with Crippen molar-refractivity contribution in [1.29, 1.82) is 5.26 Å². The molecular formula is C5H3NSe. The second-order valence-corrected chi connectivity index (χ2v) is 2.76. The Labute approximate surface area is 47.9 Å². The molecule has 7 heavy (non-hydrogen) atoms. The minimum absolute atomic E-state index is 0.477. The van der Waals surface area contributed by atoms with Gasteiger partial charge in [-0.3, -0.25) is 0 Å². The molecule has 0 aromatic carbocycles. The molecule has 0 bridgehead atoms. The van der Waals surface area contributed by atoms with Gasteiger partial charge in [0.05, 0.1) is 0 Å². The number of rotatable bonds is 0. The summed E-state index contributed by atoms with van der Waals surface area (Å²) in [4.78, 5) is 4.00. The Morgan fingerprint density at radius 3 is 2.86 bits per heavy atom. The third-order valence-electron chi connectivity index (χ3n) is 0.650. The first kappa shape index (κ1) is 4.64. The monoisotopic (exact) mass is 157 g/mol. The van der Waals surface area contributed by atoms with Gasteiger partial charge in [0, 0.05) is 0 Å². The third-order valence-corrected chi connectivity index (χ3v) is 2.08. The van der Waals surface area contributed by atoms with Crippen LogP contribution in [0.1, 0.15) is 5.56 Å². The summed E-state index contributed by atoms with van der Waals surface area (Å²) in [7, 11) is 0. The van der Waals surface area contributed by atoms with Crippen LogP contribution in [0.3, 0.4) is 0 Å². The molecule has 1 heterocycles.